The predicted octanol–water partition coefficient (Wildman–Crippen LogP) is 2.66. The molecular weight excluding hydrogens is 160 g/mol. The van der Waals surface area contributed by atoms with E-state index in [4.69, 9.17) is 6.42 Å². The van der Waals surface area contributed by atoms with Crippen LogP contribution in [0.25, 0.3) is 0 Å². The molecule has 0 saturated heterocycles. The minimum absolute atomic E-state index is 0.518. The molecule has 0 heterocycles. The Morgan fingerprint density at radius 1 is 1.54 bits per heavy atom. The van der Waals surface area contributed by atoms with Crippen LogP contribution in [0.4, 0.5) is 0 Å². The fraction of sp³-hybridized carbons (Fsp3) is 0.583. The Hall–Kier alpha value is -0.960. The second-order valence-corrected chi connectivity index (χ2v) is 3.12. The molecule has 0 aliphatic heterocycles. The molecule has 1 atom stereocenters. The van der Waals surface area contributed by atoms with Gasteiger partial charge >= 0.3 is 0 Å². The fourth-order valence-electron chi connectivity index (χ4n) is 1.14. The first kappa shape index (κ1) is 12.0. The van der Waals surface area contributed by atoms with Crippen molar-refractivity contribution in [2.24, 2.45) is 0 Å². The average molecular weight is 178 g/mol. The molecule has 0 fully saturated rings. The van der Waals surface area contributed by atoms with Crippen molar-refractivity contribution < 1.29 is 5.11 Å². The van der Waals surface area contributed by atoms with Crippen LogP contribution in [0, 0.1) is 12.3 Å². The number of unbranched alkanes of at least 4 members (excludes halogenated alkanes) is 2. The fourth-order valence-corrected chi connectivity index (χ4v) is 1.14. The lowest BCUT2D eigenvalue weighted by Crippen LogP contribution is -2.03. The van der Waals surface area contributed by atoms with E-state index in [2.05, 4.69) is 25.2 Å². The molecule has 0 aromatic rings. The summed E-state index contributed by atoms with van der Waals surface area (Å²) in [6, 6.07) is 0. The van der Waals surface area contributed by atoms with Crippen molar-refractivity contribution in [1.82, 2.24) is 0 Å². The summed E-state index contributed by atoms with van der Waals surface area (Å²) in [5.74, 6) is 2.29. The second kappa shape index (κ2) is 7.68. The SMILES string of the molecule is C#C[C@@H](O)CC(=C=C)CCCCC. The monoisotopic (exact) mass is 178 g/mol. The molecule has 0 rings (SSSR count). The first-order valence-electron chi connectivity index (χ1n) is 4.76. The van der Waals surface area contributed by atoms with Gasteiger partial charge in [0.2, 0.25) is 0 Å². The third-order valence-electron chi connectivity index (χ3n) is 1.96. The summed E-state index contributed by atoms with van der Waals surface area (Å²) < 4.78 is 0. The Balaban J connectivity index is 3.80. The summed E-state index contributed by atoms with van der Waals surface area (Å²) in [6.45, 7) is 5.75. The minimum Gasteiger partial charge on any atom is -0.380 e. The van der Waals surface area contributed by atoms with Crippen LogP contribution >= 0.6 is 0 Å². The Morgan fingerprint density at radius 3 is 2.69 bits per heavy atom. The van der Waals surface area contributed by atoms with Gasteiger partial charge in [-0.25, -0.2) is 0 Å². The summed E-state index contributed by atoms with van der Waals surface area (Å²) in [5.41, 5.74) is 3.88. The number of hydrogen-bond donors (Lipinski definition) is 1. The third kappa shape index (κ3) is 6.22. The van der Waals surface area contributed by atoms with Gasteiger partial charge in [-0.15, -0.1) is 12.2 Å². The van der Waals surface area contributed by atoms with Gasteiger partial charge in [-0.2, -0.15) is 0 Å². The Labute approximate surface area is 81.2 Å². The van der Waals surface area contributed by atoms with Crippen molar-refractivity contribution in [3.05, 3.63) is 17.9 Å². The summed E-state index contributed by atoms with van der Waals surface area (Å²) >= 11 is 0. The lowest BCUT2D eigenvalue weighted by Gasteiger charge is -2.05. The molecule has 0 aromatic carbocycles. The molecule has 0 aliphatic rings. The Bertz CT molecular complexity index is 216. The van der Waals surface area contributed by atoms with Gasteiger partial charge in [0.05, 0.1) is 0 Å². The van der Waals surface area contributed by atoms with E-state index >= 15 is 0 Å². The van der Waals surface area contributed by atoms with Crippen molar-refractivity contribution in [3.63, 3.8) is 0 Å². The van der Waals surface area contributed by atoms with E-state index in [1.807, 2.05) is 0 Å². The zero-order chi connectivity index (χ0) is 10.1. The summed E-state index contributed by atoms with van der Waals surface area (Å²) in [7, 11) is 0. The van der Waals surface area contributed by atoms with Crippen LogP contribution in [0.3, 0.4) is 0 Å². The van der Waals surface area contributed by atoms with Crippen LogP contribution < -0.4 is 0 Å². The highest BCUT2D eigenvalue weighted by molar-refractivity contribution is 5.07. The van der Waals surface area contributed by atoms with Crippen LogP contribution in [0.2, 0.25) is 0 Å². The zero-order valence-electron chi connectivity index (χ0n) is 8.34. The summed E-state index contributed by atoms with van der Waals surface area (Å²) in [4.78, 5) is 0. The zero-order valence-corrected chi connectivity index (χ0v) is 8.34. The van der Waals surface area contributed by atoms with Crippen molar-refractivity contribution in [1.29, 1.82) is 0 Å². The quantitative estimate of drug-likeness (QED) is 0.376. The van der Waals surface area contributed by atoms with Gasteiger partial charge < -0.3 is 5.11 Å². The maximum absolute atomic E-state index is 9.19. The Kier molecular flexibility index (Phi) is 7.11. The molecular formula is C12H18O. The number of rotatable bonds is 6. The molecule has 0 aliphatic carbocycles. The normalized spacial score (nSPS) is 11.5. The number of terminal acetylenes is 1. The van der Waals surface area contributed by atoms with Crippen LogP contribution in [-0.2, 0) is 0 Å². The second-order valence-electron chi connectivity index (χ2n) is 3.12. The van der Waals surface area contributed by atoms with E-state index in [1.165, 1.54) is 12.8 Å². The summed E-state index contributed by atoms with van der Waals surface area (Å²) in [6.07, 6.45) is 9.40. The van der Waals surface area contributed by atoms with E-state index in [1.54, 1.807) is 0 Å². The topological polar surface area (TPSA) is 20.2 Å². The van der Waals surface area contributed by atoms with Gasteiger partial charge in [-0.1, -0.05) is 32.3 Å². The highest BCUT2D eigenvalue weighted by Crippen LogP contribution is 2.12. The first-order chi connectivity index (χ1) is 6.24. The maximum Gasteiger partial charge on any atom is 0.118 e. The van der Waals surface area contributed by atoms with Crippen LogP contribution in [0.5, 0.6) is 0 Å². The lowest BCUT2D eigenvalue weighted by atomic mass is 10.0. The van der Waals surface area contributed by atoms with Crippen LogP contribution in [-0.4, -0.2) is 11.2 Å². The van der Waals surface area contributed by atoms with Crippen molar-refractivity contribution >= 4 is 0 Å². The largest absolute Gasteiger partial charge is 0.380 e. The standard InChI is InChI=1S/C12H18O/c1-4-7-8-9-11(5-2)10-12(13)6-3/h3,12-13H,2,4,7-10H2,1H3/t12-/m1/s1. The van der Waals surface area contributed by atoms with Gasteiger partial charge in [0.1, 0.15) is 6.10 Å². The van der Waals surface area contributed by atoms with Gasteiger partial charge in [-0.05, 0) is 18.4 Å². The molecule has 0 bridgehead atoms. The molecule has 72 valence electrons. The van der Waals surface area contributed by atoms with Gasteiger partial charge in [0, 0.05) is 6.42 Å². The van der Waals surface area contributed by atoms with Crippen molar-refractivity contribution in [2.45, 2.75) is 45.1 Å². The van der Waals surface area contributed by atoms with E-state index in [9.17, 15) is 5.11 Å². The van der Waals surface area contributed by atoms with Gasteiger partial charge in [0.25, 0.3) is 0 Å². The molecule has 1 nitrogen and oxygen atoms in total. The smallest absolute Gasteiger partial charge is 0.118 e. The van der Waals surface area contributed by atoms with E-state index in [-0.39, 0.29) is 0 Å². The molecule has 1 heteroatoms. The molecule has 1 N–H and O–H groups in total. The average Bonchev–Trinajstić information content (AvgIpc) is 2.16. The molecule has 0 amide bonds. The van der Waals surface area contributed by atoms with Crippen LogP contribution in [0.1, 0.15) is 39.0 Å². The number of hydrogen-bond acceptors (Lipinski definition) is 1. The van der Waals surface area contributed by atoms with Gasteiger partial charge in [0.15, 0.2) is 0 Å². The highest BCUT2D eigenvalue weighted by Gasteiger charge is 2.03. The molecule has 0 radical (unpaired) electrons. The van der Waals surface area contributed by atoms with Gasteiger partial charge in [-0.3, -0.25) is 0 Å². The predicted molar refractivity (Wildman–Crippen MR) is 56.3 cm³/mol. The van der Waals surface area contributed by atoms with Crippen LogP contribution in [0.15, 0.2) is 17.9 Å². The third-order valence-corrected chi connectivity index (χ3v) is 1.96. The Morgan fingerprint density at radius 2 is 2.23 bits per heavy atom. The van der Waals surface area contributed by atoms with E-state index in [0.717, 1.165) is 18.4 Å². The maximum atomic E-state index is 9.19. The molecule has 0 spiro atoms. The molecule has 13 heavy (non-hydrogen) atoms. The van der Waals surface area contributed by atoms with E-state index < -0.39 is 6.10 Å². The minimum atomic E-state index is -0.675. The highest BCUT2D eigenvalue weighted by atomic mass is 16.3. The first-order valence-corrected chi connectivity index (χ1v) is 4.76. The van der Waals surface area contributed by atoms with Crippen molar-refractivity contribution in [3.8, 4) is 12.3 Å². The lowest BCUT2D eigenvalue weighted by molar-refractivity contribution is 0.232. The van der Waals surface area contributed by atoms with Crippen molar-refractivity contribution in [2.75, 3.05) is 0 Å². The molecule has 0 saturated carbocycles. The number of aliphatic hydroxyl groups excluding tert-OH is 1. The summed E-state index contributed by atoms with van der Waals surface area (Å²) in [5, 5.41) is 9.19. The number of aliphatic hydroxyl groups is 1. The molecule has 0 unspecified atom stereocenters. The molecule has 0 aromatic heterocycles. The van der Waals surface area contributed by atoms with E-state index in [0.29, 0.717) is 6.42 Å².